The summed E-state index contributed by atoms with van der Waals surface area (Å²) in [6.45, 7) is 3.69. The van der Waals surface area contributed by atoms with Crippen LogP contribution in [0.5, 0.6) is 0 Å². The molecule has 0 aliphatic heterocycles. The van der Waals surface area contributed by atoms with Crippen LogP contribution in [0.2, 0.25) is 0 Å². The summed E-state index contributed by atoms with van der Waals surface area (Å²) in [6.07, 6.45) is 2.58. The molecule has 1 fully saturated rings. The average molecular weight is 269 g/mol. The minimum Gasteiger partial charge on any atom is -0.462 e. The summed E-state index contributed by atoms with van der Waals surface area (Å²) in [7, 11) is 1.66. The molecule has 2 rings (SSSR count). The van der Waals surface area contributed by atoms with Crippen molar-refractivity contribution < 1.29 is 18.6 Å². The Hall–Kier alpha value is -0.880. The number of hydrogen-bond donors (Lipinski definition) is 1. The normalized spacial score (nSPS) is 15.0. The van der Waals surface area contributed by atoms with E-state index in [4.69, 9.17) is 18.6 Å². The third-order valence-electron chi connectivity index (χ3n) is 2.91. The molecule has 108 valence electrons. The molecule has 0 spiro atoms. The fourth-order valence-electron chi connectivity index (χ4n) is 1.66. The molecule has 0 unspecified atom stereocenters. The van der Waals surface area contributed by atoms with E-state index in [1.807, 2.05) is 12.1 Å². The van der Waals surface area contributed by atoms with E-state index in [9.17, 15) is 0 Å². The van der Waals surface area contributed by atoms with E-state index < -0.39 is 0 Å². The van der Waals surface area contributed by atoms with E-state index in [2.05, 4.69) is 5.32 Å². The highest BCUT2D eigenvalue weighted by atomic mass is 16.5. The fraction of sp³-hybridized carbons (Fsp3) is 0.714. The summed E-state index contributed by atoms with van der Waals surface area (Å²) >= 11 is 0. The smallest absolute Gasteiger partial charge is 0.129 e. The van der Waals surface area contributed by atoms with Crippen molar-refractivity contribution in [1.29, 1.82) is 0 Å². The minimum absolute atomic E-state index is 0.497. The molecular formula is C14H23NO4. The summed E-state index contributed by atoms with van der Waals surface area (Å²) in [6, 6.07) is 4.67. The number of hydrogen-bond acceptors (Lipinski definition) is 5. The molecule has 0 amide bonds. The van der Waals surface area contributed by atoms with Gasteiger partial charge in [0.25, 0.3) is 0 Å². The maximum Gasteiger partial charge on any atom is 0.129 e. The number of methoxy groups -OCH3 is 1. The lowest BCUT2D eigenvalue weighted by atomic mass is 10.4. The quantitative estimate of drug-likeness (QED) is 0.620. The van der Waals surface area contributed by atoms with Crippen LogP contribution in [0.4, 0.5) is 0 Å². The first-order valence-electron chi connectivity index (χ1n) is 6.84. The van der Waals surface area contributed by atoms with E-state index in [1.54, 1.807) is 7.11 Å². The first kappa shape index (κ1) is 14.5. The molecule has 1 N–H and O–H groups in total. The van der Waals surface area contributed by atoms with Gasteiger partial charge in [0.2, 0.25) is 0 Å². The van der Waals surface area contributed by atoms with Crippen molar-refractivity contribution in [2.24, 2.45) is 0 Å². The van der Waals surface area contributed by atoms with Crippen LogP contribution in [-0.4, -0.2) is 39.6 Å². The Labute approximate surface area is 114 Å². The highest BCUT2D eigenvalue weighted by molar-refractivity contribution is 5.06. The van der Waals surface area contributed by atoms with Crippen LogP contribution in [0.15, 0.2) is 16.5 Å². The van der Waals surface area contributed by atoms with E-state index in [0.717, 1.165) is 18.1 Å². The molecule has 19 heavy (non-hydrogen) atoms. The molecular weight excluding hydrogens is 246 g/mol. The van der Waals surface area contributed by atoms with Crippen molar-refractivity contribution in [1.82, 2.24) is 5.32 Å². The van der Waals surface area contributed by atoms with E-state index >= 15 is 0 Å². The first-order valence-corrected chi connectivity index (χ1v) is 6.84. The van der Waals surface area contributed by atoms with E-state index in [-0.39, 0.29) is 0 Å². The van der Waals surface area contributed by atoms with Gasteiger partial charge < -0.3 is 23.9 Å². The predicted octanol–water partition coefficient (Wildman–Crippen LogP) is 1.71. The topological polar surface area (TPSA) is 52.9 Å². The number of furan rings is 1. The summed E-state index contributed by atoms with van der Waals surface area (Å²) in [5.74, 6) is 1.84. The molecule has 0 bridgehead atoms. The Morgan fingerprint density at radius 1 is 1.11 bits per heavy atom. The van der Waals surface area contributed by atoms with Crippen LogP contribution < -0.4 is 5.32 Å². The van der Waals surface area contributed by atoms with Crippen molar-refractivity contribution in [3.05, 3.63) is 23.7 Å². The van der Waals surface area contributed by atoms with Gasteiger partial charge in [0.1, 0.15) is 18.1 Å². The number of nitrogens with one attached hydrogen (secondary N) is 1. The molecule has 1 aliphatic carbocycles. The van der Waals surface area contributed by atoms with Gasteiger partial charge in [-0.2, -0.15) is 0 Å². The standard InChI is InChI=1S/C14H23NO4/c1-16-6-7-17-8-9-18-11-14-5-4-13(19-14)10-15-12-2-3-12/h4-5,12,15H,2-3,6-11H2,1H3. The predicted molar refractivity (Wildman–Crippen MR) is 70.9 cm³/mol. The number of rotatable bonds is 11. The average Bonchev–Trinajstić information content (AvgIpc) is 3.15. The lowest BCUT2D eigenvalue weighted by Crippen LogP contribution is -2.14. The SMILES string of the molecule is COCCOCCOCc1ccc(CNC2CC2)o1. The van der Waals surface area contributed by atoms with Crippen molar-refractivity contribution >= 4 is 0 Å². The van der Waals surface area contributed by atoms with Crippen LogP contribution in [0.3, 0.4) is 0 Å². The summed E-state index contributed by atoms with van der Waals surface area (Å²) in [4.78, 5) is 0. The number of ether oxygens (including phenoxy) is 3. The van der Waals surface area contributed by atoms with Gasteiger partial charge in [-0.1, -0.05) is 0 Å². The second kappa shape index (κ2) is 8.32. The molecule has 0 aromatic carbocycles. The molecule has 0 radical (unpaired) electrons. The van der Waals surface area contributed by atoms with Crippen LogP contribution in [0, 0.1) is 0 Å². The van der Waals surface area contributed by atoms with Crippen molar-refractivity contribution in [2.45, 2.75) is 32.0 Å². The van der Waals surface area contributed by atoms with Gasteiger partial charge in [0, 0.05) is 13.2 Å². The van der Waals surface area contributed by atoms with Crippen LogP contribution in [0.25, 0.3) is 0 Å². The van der Waals surface area contributed by atoms with Gasteiger partial charge >= 0.3 is 0 Å². The van der Waals surface area contributed by atoms with Gasteiger partial charge in [-0.05, 0) is 25.0 Å². The maximum absolute atomic E-state index is 5.66. The van der Waals surface area contributed by atoms with Crippen molar-refractivity contribution in [3.63, 3.8) is 0 Å². The van der Waals surface area contributed by atoms with Gasteiger partial charge in [-0.15, -0.1) is 0 Å². The molecule has 5 nitrogen and oxygen atoms in total. The van der Waals surface area contributed by atoms with E-state index in [1.165, 1.54) is 12.8 Å². The van der Waals surface area contributed by atoms with Gasteiger partial charge in [0.15, 0.2) is 0 Å². The Bertz CT molecular complexity index is 349. The zero-order valence-electron chi connectivity index (χ0n) is 11.5. The van der Waals surface area contributed by atoms with Crippen molar-refractivity contribution in [3.8, 4) is 0 Å². The third kappa shape index (κ3) is 6.20. The van der Waals surface area contributed by atoms with Crippen LogP contribution >= 0.6 is 0 Å². The molecule has 0 atom stereocenters. The molecule has 1 aliphatic rings. The largest absolute Gasteiger partial charge is 0.462 e. The minimum atomic E-state index is 0.497. The summed E-state index contributed by atoms with van der Waals surface area (Å²) in [5, 5.41) is 3.42. The Morgan fingerprint density at radius 3 is 2.63 bits per heavy atom. The van der Waals surface area contributed by atoms with Gasteiger partial charge in [-0.25, -0.2) is 0 Å². The van der Waals surface area contributed by atoms with Crippen LogP contribution in [0.1, 0.15) is 24.4 Å². The highest BCUT2D eigenvalue weighted by Crippen LogP contribution is 2.19. The third-order valence-corrected chi connectivity index (χ3v) is 2.91. The van der Waals surface area contributed by atoms with E-state index in [0.29, 0.717) is 39.1 Å². The highest BCUT2D eigenvalue weighted by Gasteiger charge is 2.20. The maximum atomic E-state index is 5.66. The second-order valence-electron chi connectivity index (χ2n) is 4.68. The fourth-order valence-corrected chi connectivity index (χ4v) is 1.66. The lowest BCUT2D eigenvalue weighted by molar-refractivity contribution is 0.0159. The van der Waals surface area contributed by atoms with Gasteiger partial charge in [-0.3, -0.25) is 0 Å². The Morgan fingerprint density at radius 2 is 1.84 bits per heavy atom. The monoisotopic (exact) mass is 269 g/mol. The second-order valence-corrected chi connectivity index (χ2v) is 4.68. The molecule has 5 heteroatoms. The summed E-state index contributed by atoms with van der Waals surface area (Å²) in [5.41, 5.74) is 0. The molecule has 1 aromatic rings. The van der Waals surface area contributed by atoms with Crippen molar-refractivity contribution in [2.75, 3.05) is 33.5 Å². The molecule has 1 heterocycles. The first-order chi connectivity index (χ1) is 9.38. The lowest BCUT2D eigenvalue weighted by Gasteiger charge is -2.04. The Balaban J connectivity index is 1.50. The zero-order chi connectivity index (χ0) is 13.3. The van der Waals surface area contributed by atoms with Crippen LogP contribution in [-0.2, 0) is 27.4 Å². The summed E-state index contributed by atoms with van der Waals surface area (Å²) < 4.78 is 21.3. The van der Waals surface area contributed by atoms with Gasteiger partial charge in [0.05, 0.1) is 33.0 Å². The molecule has 1 aromatic heterocycles. The molecule has 1 saturated carbocycles. The molecule has 0 saturated heterocycles. The zero-order valence-corrected chi connectivity index (χ0v) is 11.5. The Kier molecular flexibility index (Phi) is 6.36.